The van der Waals surface area contributed by atoms with Crippen molar-refractivity contribution in [3.05, 3.63) is 29.7 Å². The van der Waals surface area contributed by atoms with E-state index in [4.69, 9.17) is 9.15 Å². The first-order valence-electron chi connectivity index (χ1n) is 5.41. The highest BCUT2D eigenvalue weighted by Gasteiger charge is 2.14. The normalized spacial score (nSPS) is 11.6. The van der Waals surface area contributed by atoms with Crippen molar-refractivity contribution < 1.29 is 23.5 Å². The molecule has 98 valence electrons. The fraction of sp³-hybridized carbons (Fsp3) is 0.385. The summed E-state index contributed by atoms with van der Waals surface area (Å²) in [7, 11) is 1.26. The van der Waals surface area contributed by atoms with E-state index in [0.717, 1.165) is 0 Å². The predicted octanol–water partition coefficient (Wildman–Crippen LogP) is 2.42. The molecule has 0 spiro atoms. The summed E-state index contributed by atoms with van der Waals surface area (Å²) in [6, 6.07) is 3.04. The number of hydrogen-bond acceptors (Lipinski definition) is 5. The molecule has 0 aliphatic rings. The van der Waals surface area contributed by atoms with Crippen LogP contribution in [0.1, 0.15) is 37.1 Å². The molecule has 0 unspecified atom stereocenters. The van der Waals surface area contributed by atoms with Crippen molar-refractivity contribution in [1.82, 2.24) is 0 Å². The van der Waals surface area contributed by atoms with E-state index < -0.39 is 17.5 Å². The first-order chi connectivity index (χ1) is 8.31. The van der Waals surface area contributed by atoms with Gasteiger partial charge in [-0.2, -0.15) is 0 Å². The molecule has 5 nitrogen and oxygen atoms in total. The van der Waals surface area contributed by atoms with Gasteiger partial charge in [-0.05, 0) is 39.0 Å². The third kappa shape index (κ3) is 4.45. The fourth-order valence-corrected chi connectivity index (χ4v) is 1.14. The molecule has 0 radical (unpaired) electrons. The van der Waals surface area contributed by atoms with E-state index in [-0.39, 0.29) is 5.76 Å². The highest BCUT2D eigenvalue weighted by atomic mass is 16.6. The van der Waals surface area contributed by atoms with Gasteiger partial charge in [0.25, 0.3) is 0 Å². The van der Waals surface area contributed by atoms with E-state index in [1.807, 2.05) is 0 Å². The average Bonchev–Trinajstić information content (AvgIpc) is 2.71. The zero-order chi connectivity index (χ0) is 13.8. The van der Waals surface area contributed by atoms with Gasteiger partial charge in [-0.15, -0.1) is 0 Å². The van der Waals surface area contributed by atoms with Crippen LogP contribution in [-0.4, -0.2) is 24.6 Å². The summed E-state index contributed by atoms with van der Waals surface area (Å²) in [5.41, 5.74) is -0.540. The zero-order valence-corrected chi connectivity index (χ0v) is 10.9. The number of esters is 2. The third-order valence-corrected chi connectivity index (χ3v) is 1.80. The van der Waals surface area contributed by atoms with Crippen molar-refractivity contribution in [3.8, 4) is 0 Å². The molecular formula is C13H16O5. The Hall–Kier alpha value is -2.04. The van der Waals surface area contributed by atoms with Crippen molar-refractivity contribution in [3.63, 3.8) is 0 Å². The minimum atomic E-state index is -0.563. The maximum absolute atomic E-state index is 11.4. The summed E-state index contributed by atoms with van der Waals surface area (Å²) in [6.07, 6.45) is 2.67. The molecule has 0 bridgehead atoms. The Bertz CT molecular complexity index is 462. The molecule has 0 saturated heterocycles. The quantitative estimate of drug-likeness (QED) is 0.610. The second kappa shape index (κ2) is 5.53. The molecule has 1 aromatic heterocycles. The van der Waals surface area contributed by atoms with Gasteiger partial charge in [0.15, 0.2) is 0 Å². The standard InChI is InChI=1S/C13H16O5/c1-13(2,3)18-11(14)8-6-9-5-7-10(17-9)12(15)16-4/h5-8H,1-4H3/b8-6+. The minimum Gasteiger partial charge on any atom is -0.463 e. The molecule has 5 heteroatoms. The number of ether oxygens (including phenoxy) is 2. The number of furan rings is 1. The lowest BCUT2D eigenvalue weighted by Gasteiger charge is -2.17. The number of hydrogen-bond donors (Lipinski definition) is 0. The van der Waals surface area contributed by atoms with Crippen molar-refractivity contribution in [1.29, 1.82) is 0 Å². The van der Waals surface area contributed by atoms with E-state index in [9.17, 15) is 9.59 Å². The summed E-state index contributed by atoms with van der Waals surface area (Å²) in [5.74, 6) is -0.576. The first-order valence-corrected chi connectivity index (χ1v) is 5.41. The van der Waals surface area contributed by atoms with Crippen molar-refractivity contribution in [2.75, 3.05) is 7.11 Å². The largest absolute Gasteiger partial charge is 0.463 e. The molecule has 1 rings (SSSR count). The van der Waals surface area contributed by atoms with Crippen LogP contribution in [0.15, 0.2) is 22.6 Å². The van der Waals surface area contributed by atoms with E-state index in [1.54, 1.807) is 26.8 Å². The lowest BCUT2D eigenvalue weighted by atomic mass is 10.2. The van der Waals surface area contributed by atoms with Gasteiger partial charge < -0.3 is 13.9 Å². The van der Waals surface area contributed by atoms with Gasteiger partial charge in [-0.3, -0.25) is 0 Å². The molecule has 0 saturated carbocycles. The maximum atomic E-state index is 11.4. The van der Waals surface area contributed by atoms with Crippen LogP contribution in [0.5, 0.6) is 0 Å². The Morgan fingerprint density at radius 2 is 1.94 bits per heavy atom. The number of methoxy groups -OCH3 is 1. The summed E-state index contributed by atoms with van der Waals surface area (Å²) >= 11 is 0. The molecule has 1 aromatic rings. The van der Waals surface area contributed by atoms with Gasteiger partial charge in [0.2, 0.25) is 5.76 Å². The number of rotatable bonds is 3. The molecule has 0 aliphatic carbocycles. The molecule has 0 fully saturated rings. The van der Waals surface area contributed by atoms with Crippen LogP contribution in [0, 0.1) is 0 Å². The van der Waals surface area contributed by atoms with E-state index >= 15 is 0 Å². The Labute approximate surface area is 105 Å². The smallest absolute Gasteiger partial charge is 0.373 e. The monoisotopic (exact) mass is 252 g/mol. The van der Waals surface area contributed by atoms with Gasteiger partial charge in [-0.25, -0.2) is 9.59 Å². The summed E-state index contributed by atoms with van der Waals surface area (Å²) in [4.78, 5) is 22.5. The molecule has 0 aliphatic heterocycles. The van der Waals surface area contributed by atoms with E-state index in [1.165, 1.54) is 25.3 Å². The van der Waals surface area contributed by atoms with Gasteiger partial charge in [-0.1, -0.05) is 0 Å². The highest BCUT2D eigenvalue weighted by Crippen LogP contribution is 2.12. The molecular weight excluding hydrogens is 236 g/mol. The van der Waals surface area contributed by atoms with Crippen LogP contribution in [0.2, 0.25) is 0 Å². The van der Waals surface area contributed by atoms with Crippen LogP contribution in [0.3, 0.4) is 0 Å². The second-order valence-corrected chi connectivity index (χ2v) is 4.56. The first kappa shape index (κ1) is 14.0. The van der Waals surface area contributed by atoms with Gasteiger partial charge >= 0.3 is 11.9 Å². The number of carbonyl (C=O) groups is 2. The minimum absolute atomic E-state index is 0.0846. The van der Waals surface area contributed by atoms with Gasteiger partial charge in [0.1, 0.15) is 11.4 Å². The lowest BCUT2D eigenvalue weighted by Crippen LogP contribution is -2.22. The SMILES string of the molecule is COC(=O)c1ccc(/C=C/C(=O)OC(C)(C)C)o1. The maximum Gasteiger partial charge on any atom is 0.373 e. The Kier molecular flexibility index (Phi) is 4.31. The zero-order valence-electron chi connectivity index (χ0n) is 10.9. The summed E-state index contributed by atoms with van der Waals surface area (Å²) in [6.45, 7) is 5.34. The third-order valence-electron chi connectivity index (χ3n) is 1.80. The molecule has 18 heavy (non-hydrogen) atoms. The van der Waals surface area contributed by atoms with E-state index in [2.05, 4.69) is 4.74 Å². The summed E-state index contributed by atoms with van der Waals surface area (Å²) < 4.78 is 14.7. The molecule has 0 aromatic carbocycles. The second-order valence-electron chi connectivity index (χ2n) is 4.56. The fourth-order valence-electron chi connectivity index (χ4n) is 1.14. The van der Waals surface area contributed by atoms with Gasteiger partial charge in [0, 0.05) is 6.08 Å². The number of carbonyl (C=O) groups excluding carboxylic acids is 2. The topological polar surface area (TPSA) is 65.7 Å². The van der Waals surface area contributed by atoms with Gasteiger partial charge in [0.05, 0.1) is 7.11 Å². The Balaban J connectivity index is 2.65. The molecule has 1 heterocycles. The lowest BCUT2D eigenvalue weighted by molar-refractivity contribution is -0.148. The van der Waals surface area contributed by atoms with Crippen molar-refractivity contribution >= 4 is 18.0 Å². The van der Waals surface area contributed by atoms with Crippen LogP contribution in [0.4, 0.5) is 0 Å². The summed E-state index contributed by atoms with van der Waals surface area (Å²) in [5, 5.41) is 0. The highest BCUT2D eigenvalue weighted by molar-refractivity contribution is 5.88. The van der Waals surface area contributed by atoms with E-state index in [0.29, 0.717) is 5.76 Å². The molecule has 0 atom stereocenters. The Morgan fingerprint density at radius 1 is 1.28 bits per heavy atom. The van der Waals surface area contributed by atoms with Crippen LogP contribution < -0.4 is 0 Å². The van der Waals surface area contributed by atoms with Crippen LogP contribution >= 0.6 is 0 Å². The molecule has 0 N–H and O–H groups in total. The van der Waals surface area contributed by atoms with Crippen LogP contribution in [0.25, 0.3) is 6.08 Å². The average molecular weight is 252 g/mol. The molecule has 0 amide bonds. The van der Waals surface area contributed by atoms with Crippen LogP contribution in [-0.2, 0) is 14.3 Å². The predicted molar refractivity (Wildman–Crippen MR) is 64.9 cm³/mol. The Morgan fingerprint density at radius 3 is 2.50 bits per heavy atom. The van der Waals surface area contributed by atoms with Crippen molar-refractivity contribution in [2.45, 2.75) is 26.4 Å². The van der Waals surface area contributed by atoms with Crippen molar-refractivity contribution in [2.24, 2.45) is 0 Å².